The maximum atomic E-state index is 14.3. The minimum atomic E-state index is -0.568. The molecule has 1 aliphatic heterocycles. The van der Waals surface area contributed by atoms with E-state index in [1.165, 1.54) is 19.2 Å². The third-order valence-corrected chi connectivity index (χ3v) is 7.11. The van der Waals surface area contributed by atoms with Gasteiger partial charge in [0.15, 0.2) is 11.5 Å². The highest BCUT2D eigenvalue weighted by Crippen LogP contribution is 2.50. The van der Waals surface area contributed by atoms with Gasteiger partial charge in [-0.2, -0.15) is 5.10 Å². The zero-order chi connectivity index (χ0) is 25.4. The predicted molar refractivity (Wildman–Crippen MR) is 125 cm³/mol. The topological polar surface area (TPSA) is 113 Å². The summed E-state index contributed by atoms with van der Waals surface area (Å²) < 4.78 is 32.5. The zero-order valence-corrected chi connectivity index (χ0v) is 20.1. The molecule has 0 radical (unpaired) electrons. The second-order valence-corrected chi connectivity index (χ2v) is 9.45. The maximum Gasteiger partial charge on any atom is 0.274 e. The summed E-state index contributed by atoms with van der Waals surface area (Å²) in [5.74, 6) is -1.57. The number of H-pyrrole nitrogens is 1. The van der Waals surface area contributed by atoms with Gasteiger partial charge in [-0.1, -0.05) is 11.6 Å². The SMILES string of the molecule is COc1cc(-c2cc(C(=O)N3CC[C@H](C(=O)NCc4ncc(F)cc4Cl)CC34CC4)n[nH]2)c(F)cn1. The van der Waals surface area contributed by atoms with E-state index in [-0.39, 0.29) is 46.4 Å². The standard InChI is InChI=1S/C24H23ClF2N6O3/c1-36-21-7-15(17(27)11-29-21)18-8-19(32-31-18)23(35)33-5-2-13(9-24(33)3-4-24)22(34)30-12-20-16(25)6-14(26)10-28-20/h6-8,10-11,13H,2-5,9,12H2,1H3,(H,30,34)(H,31,32)/t13-/m0/s1. The molecule has 3 aromatic heterocycles. The molecule has 1 saturated heterocycles. The number of piperidine rings is 1. The summed E-state index contributed by atoms with van der Waals surface area (Å²) in [6.45, 7) is 0.489. The molecular weight excluding hydrogens is 494 g/mol. The lowest BCUT2D eigenvalue weighted by atomic mass is 9.88. The first-order valence-electron chi connectivity index (χ1n) is 11.4. The molecule has 1 aliphatic carbocycles. The van der Waals surface area contributed by atoms with E-state index >= 15 is 0 Å². The third kappa shape index (κ3) is 4.62. The number of aromatic nitrogens is 4. The molecule has 0 unspecified atom stereocenters. The van der Waals surface area contributed by atoms with Crippen molar-refractivity contribution >= 4 is 23.4 Å². The van der Waals surface area contributed by atoms with Crippen LogP contribution >= 0.6 is 11.6 Å². The summed E-state index contributed by atoms with van der Waals surface area (Å²) in [6, 6.07) is 4.09. The second-order valence-electron chi connectivity index (χ2n) is 9.04. The molecule has 5 rings (SSSR count). The monoisotopic (exact) mass is 516 g/mol. The van der Waals surface area contributed by atoms with E-state index in [2.05, 4.69) is 25.5 Å². The van der Waals surface area contributed by atoms with Crippen molar-refractivity contribution < 1.29 is 23.1 Å². The molecule has 1 atom stereocenters. The van der Waals surface area contributed by atoms with Crippen LogP contribution in [0, 0.1) is 17.6 Å². The number of hydrogen-bond acceptors (Lipinski definition) is 6. The van der Waals surface area contributed by atoms with Crippen LogP contribution in [-0.2, 0) is 11.3 Å². The van der Waals surface area contributed by atoms with Gasteiger partial charge < -0.3 is 15.0 Å². The number of carbonyl (C=O) groups is 2. The van der Waals surface area contributed by atoms with Crippen LogP contribution in [0.1, 0.15) is 41.9 Å². The van der Waals surface area contributed by atoms with Crippen LogP contribution in [0.2, 0.25) is 5.02 Å². The van der Waals surface area contributed by atoms with E-state index in [9.17, 15) is 18.4 Å². The lowest BCUT2D eigenvalue weighted by molar-refractivity contribution is -0.127. The van der Waals surface area contributed by atoms with Gasteiger partial charge in [0.2, 0.25) is 11.8 Å². The van der Waals surface area contributed by atoms with Crippen LogP contribution in [0.5, 0.6) is 5.88 Å². The van der Waals surface area contributed by atoms with Crippen molar-refractivity contribution in [2.45, 2.75) is 37.8 Å². The van der Waals surface area contributed by atoms with E-state index in [4.69, 9.17) is 16.3 Å². The van der Waals surface area contributed by atoms with E-state index in [1.54, 1.807) is 4.90 Å². The Labute approximate surface area is 210 Å². The fourth-order valence-electron chi connectivity index (χ4n) is 4.69. The van der Waals surface area contributed by atoms with Crippen LogP contribution in [0.15, 0.2) is 30.6 Å². The van der Waals surface area contributed by atoms with Gasteiger partial charge in [-0.05, 0) is 37.8 Å². The summed E-state index contributed by atoms with van der Waals surface area (Å²) in [6.07, 6.45) is 4.70. The molecule has 36 heavy (non-hydrogen) atoms. The van der Waals surface area contributed by atoms with Crippen molar-refractivity contribution in [2.75, 3.05) is 13.7 Å². The zero-order valence-electron chi connectivity index (χ0n) is 19.4. The smallest absolute Gasteiger partial charge is 0.274 e. The molecule has 2 fully saturated rings. The summed E-state index contributed by atoms with van der Waals surface area (Å²) in [5, 5.41) is 9.82. The van der Waals surface area contributed by atoms with Crippen molar-refractivity contribution in [3.05, 3.63) is 58.6 Å². The Morgan fingerprint density at radius 1 is 1.25 bits per heavy atom. The Kier molecular flexibility index (Phi) is 6.33. The van der Waals surface area contributed by atoms with Gasteiger partial charge in [0.25, 0.3) is 5.91 Å². The first-order chi connectivity index (χ1) is 17.3. The molecular formula is C24H23ClF2N6O3. The minimum absolute atomic E-state index is 0.0937. The molecule has 2 aliphatic rings. The lowest BCUT2D eigenvalue weighted by Crippen LogP contribution is -2.50. The fraction of sp³-hybridized carbons (Fsp3) is 0.375. The summed E-state index contributed by atoms with van der Waals surface area (Å²) in [4.78, 5) is 35.7. The number of ether oxygens (including phenoxy) is 1. The van der Waals surface area contributed by atoms with E-state index in [1.807, 2.05) is 0 Å². The number of pyridine rings is 2. The number of likely N-dealkylation sites (tertiary alicyclic amines) is 1. The molecule has 12 heteroatoms. The molecule has 9 nitrogen and oxygen atoms in total. The van der Waals surface area contributed by atoms with Gasteiger partial charge in [-0.25, -0.2) is 13.8 Å². The van der Waals surface area contributed by atoms with Gasteiger partial charge >= 0.3 is 0 Å². The highest BCUT2D eigenvalue weighted by molar-refractivity contribution is 6.31. The van der Waals surface area contributed by atoms with Gasteiger partial charge in [-0.15, -0.1) is 0 Å². The van der Waals surface area contributed by atoms with Crippen molar-refractivity contribution in [1.82, 2.24) is 30.4 Å². The number of nitrogens with zero attached hydrogens (tertiary/aromatic N) is 4. The first kappa shape index (κ1) is 24.1. The largest absolute Gasteiger partial charge is 0.481 e. The van der Waals surface area contributed by atoms with E-state index < -0.39 is 17.2 Å². The van der Waals surface area contributed by atoms with Crippen molar-refractivity contribution in [3.8, 4) is 17.1 Å². The molecule has 0 aromatic carbocycles. The number of rotatable bonds is 6. The Morgan fingerprint density at radius 3 is 2.78 bits per heavy atom. The number of amides is 2. The highest BCUT2D eigenvalue weighted by Gasteiger charge is 2.54. The van der Waals surface area contributed by atoms with Crippen LogP contribution in [0.3, 0.4) is 0 Å². The van der Waals surface area contributed by atoms with Crippen LogP contribution < -0.4 is 10.1 Å². The molecule has 0 bridgehead atoms. The molecule has 1 saturated carbocycles. The van der Waals surface area contributed by atoms with Gasteiger partial charge in [0.1, 0.15) is 5.82 Å². The highest BCUT2D eigenvalue weighted by atomic mass is 35.5. The predicted octanol–water partition coefficient (Wildman–Crippen LogP) is 3.51. The average Bonchev–Trinajstić information content (AvgIpc) is 3.44. The second kappa shape index (κ2) is 9.45. The van der Waals surface area contributed by atoms with Crippen molar-refractivity contribution in [1.29, 1.82) is 0 Å². The maximum absolute atomic E-state index is 14.3. The normalized spacial score (nSPS) is 18.2. The average molecular weight is 517 g/mol. The molecule has 2 amide bonds. The minimum Gasteiger partial charge on any atom is -0.481 e. The summed E-state index contributed by atoms with van der Waals surface area (Å²) in [7, 11) is 1.43. The van der Waals surface area contributed by atoms with Crippen molar-refractivity contribution in [2.24, 2.45) is 5.92 Å². The van der Waals surface area contributed by atoms with E-state index in [0.29, 0.717) is 30.8 Å². The fourth-order valence-corrected chi connectivity index (χ4v) is 4.91. The summed E-state index contributed by atoms with van der Waals surface area (Å²) >= 11 is 5.99. The van der Waals surface area contributed by atoms with Crippen LogP contribution in [0.4, 0.5) is 8.78 Å². The van der Waals surface area contributed by atoms with Gasteiger partial charge in [0, 0.05) is 29.6 Å². The molecule has 2 N–H and O–H groups in total. The van der Waals surface area contributed by atoms with Gasteiger partial charge in [0.05, 0.1) is 42.5 Å². The van der Waals surface area contributed by atoms with Crippen molar-refractivity contribution in [3.63, 3.8) is 0 Å². The van der Waals surface area contributed by atoms with Crippen LogP contribution in [0.25, 0.3) is 11.3 Å². The van der Waals surface area contributed by atoms with Gasteiger partial charge in [-0.3, -0.25) is 19.7 Å². The van der Waals surface area contributed by atoms with Crippen LogP contribution in [-0.4, -0.2) is 56.1 Å². The quantitative estimate of drug-likeness (QED) is 0.518. The number of halogens is 3. The number of nitrogens with one attached hydrogen (secondary N) is 2. The van der Waals surface area contributed by atoms with E-state index in [0.717, 1.165) is 31.3 Å². The Balaban J connectivity index is 1.24. The summed E-state index contributed by atoms with van der Waals surface area (Å²) in [5.41, 5.74) is 0.696. The molecule has 4 heterocycles. The number of methoxy groups -OCH3 is 1. The number of aromatic amines is 1. The first-order valence-corrected chi connectivity index (χ1v) is 11.8. The number of carbonyl (C=O) groups excluding carboxylic acids is 2. The number of hydrogen-bond donors (Lipinski definition) is 2. The Morgan fingerprint density at radius 2 is 2.06 bits per heavy atom. The molecule has 188 valence electrons. The Bertz CT molecular complexity index is 1330. The third-order valence-electron chi connectivity index (χ3n) is 6.78. The Hall–Kier alpha value is -3.60. The lowest BCUT2D eigenvalue weighted by Gasteiger charge is -2.39. The molecule has 1 spiro atoms. The molecule has 3 aromatic rings.